The van der Waals surface area contributed by atoms with Gasteiger partial charge in [-0.05, 0) is 51.5 Å². The van der Waals surface area contributed by atoms with Gasteiger partial charge in [0.15, 0.2) is 0 Å². The van der Waals surface area contributed by atoms with Gasteiger partial charge in [0.2, 0.25) is 5.88 Å². The van der Waals surface area contributed by atoms with E-state index in [1.807, 2.05) is 13.0 Å². The molecule has 0 aromatic carbocycles. The Morgan fingerprint density at radius 3 is 2.78 bits per heavy atom. The molecule has 1 aliphatic carbocycles. The largest absolute Gasteiger partial charge is 0.475 e. The van der Waals surface area contributed by atoms with E-state index in [9.17, 15) is 5.26 Å². The summed E-state index contributed by atoms with van der Waals surface area (Å²) in [6, 6.07) is 4.78. The molecule has 0 unspecified atom stereocenters. The van der Waals surface area contributed by atoms with E-state index in [4.69, 9.17) is 29.9 Å². The van der Waals surface area contributed by atoms with Crippen LogP contribution in [-0.2, 0) is 9.47 Å². The van der Waals surface area contributed by atoms with E-state index < -0.39 is 12.5 Å². The van der Waals surface area contributed by atoms with Crippen molar-refractivity contribution in [2.45, 2.75) is 63.6 Å². The van der Waals surface area contributed by atoms with Gasteiger partial charge in [-0.2, -0.15) is 5.26 Å². The van der Waals surface area contributed by atoms with E-state index in [0.29, 0.717) is 60.1 Å². The van der Waals surface area contributed by atoms with Crippen LogP contribution >= 0.6 is 11.6 Å². The van der Waals surface area contributed by atoms with E-state index in [1.165, 1.54) is 6.20 Å². The molecule has 2 aliphatic rings. The molecule has 36 heavy (non-hydrogen) atoms. The number of rotatable bonds is 10. The van der Waals surface area contributed by atoms with Crippen LogP contribution in [0.3, 0.4) is 0 Å². The molecule has 0 bridgehead atoms. The molecule has 4 rings (SSSR count). The third-order valence-corrected chi connectivity index (χ3v) is 7.16. The molecule has 1 atom stereocenters. The van der Waals surface area contributed by atoms with Gasteiger partial charge in [0.1, 0.15) is 12.4 Å². The molecule has 0 radical (unpaired) electrons. The van der Waals surface area contributed by atoms with Crippen LogP contribution in [0.2, 0.25) is 5.02 Å². The Hall–Kier alpha value is -2.51. The highest BCUT2D eigenvalue weighted by Crippen LogP contribution is 2.32. The van der Waals surface area contributed by atoms with Crippen molar-refractivity contribution in [2.24, 2.45) is 5.41 Å². The van der Waals surface area contributed by atoms with Gasteiger partial charge in [-0.1, -0.05) is 11.6 Å². The first-order valence-corrected chi connectivity index (χ1v) is 12.8. The first-order chi connectivity index (χ1) is 18.6. The minimum absolute atomic E-state index is 0.0385. The number of nitrogens with zero attached hydrogens (tertiary/aromatic N) is 4. The summed E-state index contributed by atoms with van der Waals surface area (Å²) in [5, 5.41) is 17.1. The normalized spacial score (nSPS) is 24.0. The second kappa shape index (κ2) is 12.6. The highest BCUT2D eigenvalue weighted by molar-refractivity contribution is 6.33. The van der Waals surface area contributed by atoms with Gasteiger partial charge in [0.25, 0.3) is 0 Å². The van der Waals surface area contributed by atoms with Gasteiger partial charge in [0.05, 0.1) is 45.3 Å². The molecule has 2 N–H and O–H groups in total. The Morgan fingerprint density at radius 2 is 2.03 bits per heavy atom. The maximum Gasteiger partial charge on any atom is 0.232 e. The fraction of sp³-hybridized carbons (Fsp3) is 0.615. The van der Waals surface area contributed by atoms with Crippen LogP contribution < -0.4 is 15.4 Å². The van der Waals surface area contributed by atoms with Crippen molar-refractivity contribution < 1.29 is 18.3 Å². The van der Waals surface area contributed by atoms with Crippen molar-refractivity contribution in [3.63, 3.8) is 0 Å². The van der Waals surface area contributed by atoms with Crippen LogP contribution in [0.1, 0.15) is 49.6 Å². The number of ether oxygens (including phenoxy) is 3. The highest BCUT2D eigenvalue weighted by Gasteiger charge is 2.34. The summed E-state index contributed by atoms with van der Waals surface area (Å²) in [4.78, 5) is 13.3. The molecule has 10 heteroatoms. The molecule has 0 spiro atoms. The van der Waals surface area contributed by atoms with Gasteiger partial charge in [-0.3, -0.25) is 4.98 Å². The second-order valence-electron chi connectivity index (χ2n) is 9.66. The molecule has 2 fully saturated rings. The van der Waals surface area contributed by atoms with Crippen molar-refractivity contribution >= 4 is 17.4 Å². The molecule has 1 aliphatic heterocycles. The standard InChI is InChI=1S/C26H35ClN6O3/c1-18(15-34-2)31-19-3-5-20(6-4-19)32-24-11-21(22(27)12-30-24)23-13-29-14-25(33-23)36-17-26(16-28)7-9-35-10-8-26/h11-14,18-20,31H,3-10,15,17H2,1-2H3,(H,30,32)/t18-,19?,20?/m0/s1/i2D3. The van der Waals surface area contributed by atoms with Gasteiger partial charge in [-0.15, -0.1) is 0 Å². The number of anilines is 1. The molecule has 1 saturated carbocycles. The molecule has 194 valence electrons. The SMILES string of the molecule is [2H]C([2H])([2H])OC[C@H](C)NC1CCC(Nc2cc(-c3cncc(OCC4(C#N)CCOCC4)n3)c(Cl)cn2)CC1. The average Bonchev–Trinajstić information content (AvgIpc) is 2.93. The van der Waals surface area contributed by atoms with Gasteiger partial charge < -0.3 is 24.8 Å². The summed E-state index contributed by atoms with van der Waals surface area (Å²) < 4.78 is 37.7. The zero-order chi connectivity index (χ0) is 27.9. The Kier molecular flexibility index (Phi) is 7.96. The van der Waals surface area contributed by atoms with Crippen LogP contribution in [0.15, 0.2) is 24.7 Å². The van der Waals surface area contributed by atoms with Gasteiger partial charge >= 0.3 is 0 Å². The zero-order valence-corrected chi connectivity index (χ0v) is 21.3. The quantitative estimate of drug-likeness (QED) is 0.477. The minimum Gasteiger partial charge on any atom is -0.475 e. The third-order valence-electron chi connectivity index (χ3n) is 6.86. The number of pyridine rings is 1. The maximum atomic E-state index is 9.67. The van der Waals surface area contributed by atoms with E-state index in [-0.39, 0.29) is 25.3 Å². The van der Waals surface area contributed by atoms with Crippen molar-refractivity contribution in [1.29, 1.82) is 5.26 Å². The summed E-state index contributed by atoms with van der Waals surface area (Å²) >= 11 is 6.48. The lowest BCUT2D eigenvalue weighted by Crippen LogP contribution is -2.42. The van der Waals surface area contributed by atoms with Gasteiger partial charge in [0, 0.05) is 50.1 Å². The smallest absolute Gasteiger partial charge is 0.232 e. The van der Waals surface area contributed by atoms with Crippen molar-refractivity contribution in [2.75, 3.05) is 38.8 Å². The lowest BCUT2D eigenvalue weighted by Gasteiger charge is -2.32. The first-order valence-electron chi connectivity index (χ1n) is 13.9. The van der Waals surface area contributed by atoms with E-state index in [1.54, 1.807) is 12.4 Å². The fourth-order valence-electron chi connectivity index (χ4n) is 4.71. The van der Waals surface area contributed by atoms with E-state index in [0.717, 1.165) is 25.7 Å². The van der Waals surface area contributed by atoms with E-state index >= 15 is 0 Å². The Balaban J connectivity index is 1.32. The number of methoxy groups -OCH3 is 1. The van der Waals surface area contributed by atoms with Crippen molar-refractivity contribution in [1.82, 2.24) is 20.3 Å². The Labute approximate surface area is 222 Å². The molecule has 9 nitrogen and oxygen atoms in total. The summed E-state index contributed by atoms with van der Waals surface area (Å²) in [5.74, 6) is 1.03. The fourth-order valence-corrected chi connectivity index (χ4v) is 4.91. The predicted octanol–water partition coefficient (Wildman–Crippen LogP) is 4.24. The average molecular weight is 518 g/mol. The summed E-state index contributed by atoms with van der Waals surface area (Å²) in [7, 11) is -2.37. The van der Waals surface area contributed by atoms with Crippen LogP contribution in [-0.4, -0.2) is 66.5 Å². The highest BCUT2D eigenvalue weighted by atomic mass is 35.5. The second-order valence-corrected chi connectivity index (χ2v) is 10.1. The molecule has 2 aromatic heterocycles. The Bertz CT molecular complexity index is 1130. The zero-order valence-electron chi connectivity index (χ0n) is 23.5. The molecular formula is C26H35ClN6O3. The van der Waals surface area contributed by atoms with Crippen LogP contribution in [0.5, 0.6) is 5.88 Å². The molecule has 3 heterocycles. The Morgan fingerprint density at radius 1 is 1.25 bits per heavy atom. The lowest BCUT2D eigenvalue weighted by molar-refractivity contribution is 0.0182. The predicted molar refractivity (Wildman–Crippen MR) is 138 cm³/mol. The van der Waals surface area contributed by atoms with Crippen LogP contribution in [0.25, 0.3) is 11.3 Å². The molecule has 2 aromatic rings. The van der Waals surface area contributed by atoms with Crippen LogP contribution in [0.4, 0.5) is 5.82 Å². The van der Waals surface area contributed by atoms with Crippen molar-refractivity contribution in [3.05, 3.63) is 29.7 Å². The number of halogens is 1. The van der Waals surface area contributed by atoms with Crippen LogP contribution in [0, 0.1) is 16.7 Å². The first kappa shape index (κ1) is 22.7. The summed E-state index contributed by atoms with van der Waals surface area (Å²) in [6.45, 7) is 3.40. The lowest BCUT2D eigenvalue weighted by atomic mass is 9.83. The summed E-state index contributed by atoms with van der Waals surface area (Å²) in [5.41, 5.74) is 0.660. The monoisotopic (exact) mass is 517 g/mol. The molecular weight excluding hydrogens is 480 g/mol. The van der Waals surface area contributed by atoms with E-state index in [2.05, 4.69) is 31.7 Å². The van der Waals surface area contributed by atoms with Gasteiger partial charge in [-0.25, -0.2) is 9.97 Å². The third kappa shape index (κ3) is 7.04. The number of hydrogen-bond donors (Lipinski definition) is 2. The molecule has 0 amide bonds. The minimum atomic E-state index is -2.37. The number of hydrogen-bond acceptors (Lipinski definition) is 9. The number of aromatic nitrogens is 3. The number of nitrogens with one attached hydrogen (secondary N) is 2. The summed E-state index contributed by atoms with van der Waals surface area (Å²) in [6.07, 6.45) is 9.80. The maximum absolute atomic E-state index is 9.67. The molecule has 1 saturated heterocycles. The topological polar surface area (TPSA) is 114 Å². The van der Waals surface area contributed by atoms with Crippen molar-refractivity contribution in [3.8, 4) is 23.2 Å². The number of nitriles is 1.